The zero-order chi connectivity index (χ0) is 18.7. The highest BCUT2D eigenvalue weighted by Gasteiger charge is 2.39. The smallest absolute Gasteiger partial charge is 0.193 e. The molecule has 0 aliphatic heterocycles. The normalized spacial score (nSPS) is 15.3. The molecule has 0 bridgehead atoms. The molecule has 0 aliphatic carbocycles. The van der Waals surface area contributed by atoms with E-state index < -0.39 is 8.32 Å². The fraction of sp³-hybridized carbons (Fsp3) is 0.667. The second-order valence-electron chi connectivity index (χ2n) is 8.20. The molecule has 0 saturated carbocycles. The van der Waals surface area contributed by atoms with Crippen molar-refractivity contribution in [2.75, 3.05) is 0 Å². The van der Waals surface area contributed by atoms with Crippen LogP contribution in [0, 0.1) is 0 Å². The largest absolute Gasteiger partial charge is 0.408 e. The van der Waals surface area contributed by atoms with Gasteiger partial charge in [0.05, 0.1) is 12.6 Å². The second-order valence-corrected chi connectivity index (χ2v) is 14.1. The van der Waals surface area contributed by atoms with Crippen molar-refractivity contribution in [3.63, 3.8) is 0 Å². The Labute approximate surface area is 157 Å². The number of hydrogen-bond donors (Lipinski definition) is 1. The summed E-state index contributed by atoms with van der Waals surface area (Å²) in [7, 11) is -1.77. The molecule has 140 valence electrons. The van der Waals surface area contributed by atoms with Crippen molar-refractivity contribution in [2.45, 2.75) is 78.0 Å². The molecule has 0 spiro atoms. The van der Waals surface area contributed by atoms with Gasteiger partial charge in [0, 0.05) is 36.1 Å². The van der Waals surface area contributed by atoms with E-state index in [0.29, 0.717) is 6.04 Å². The number of hydrogen-bond acceptors (Lipinski definition) is 5. The van der Waals surface area contributed by atoms with Crippen LogP contribution in [0.2, 0.25) is 18.1 Å². The Morgan fingerprint density at radius 2 is 2.04 bits per heavy atom. The molecule has 0 amide bonds. The van der Waals surface area contributed by atoms with Gasteiger partial charge in [-0.15, -0.1) is 11.3 Å². The van der Waals surface area contributed by atoms with E-state index in [-0.39, 0.29) is 11.1 Å². The fourth-order valence-corrected chi connectivity index (χ4v) is 4.57. The highest BCUT2D eigenvalue weighted by atomic mass is 32.1. The molecule has 1 N–H and O–H groups in total. The van der Waals surface area contributed by atoms with Crippen LogP contribution in [0.3, 0.4) is 0 Å². The number of nitrogens with zero attached hydrogens (tertiary/aromatic N) is 3. The van der Waals surface area contributed by atoms with Crippen LogP contribution in [0.25, 0.3) is 0 Å². The first-order valence-electron chi connectivity index (χ1n) is 8.92. The Morgan fingerprint density at radius 3 is 2.64 bits per heavy atom. The van der Waals surface area contributed by atoms with E-state index in [1.807, 2.05) is 29.3 Å². The molecule has 2 heterocycles. The van der Waals surface area contributed by atoms with Gasteiger partial charge in [0.25, 0.3) is 0 Å². The van der Waals surface area contributed by atoms with Gasteiger partial charge in [-0.05, 0) is 38.0 Å². The van der Waals surface area contributed by atoms with Crippen LogP contribution in [0.15, 0.2) is 24.7 Å². The maximum atomic E-state index is 6.45. The molecule has 5 nitrogen and oxygen atoms in total. The molecule has 0 unspecified atom stereocenters. The molecule has 0 aromatic carbocycles. The van der Waals surface area contributed by atoms with Crippen molar-refractivity contribution in [2.24, 2.45) is 0 Å². The molecular weight excluding hydrogens is 348 g/mol. The zero-order valence-corrected chi connectivity index (χ0v) is 18.4. The minimum absolute atomic E-state index is 0.0566. The van der Waals surface area contributed by atoms with Gasteiger partial charge in [-0.3, -0.25) is 4.68 Å². The number of aromatic nitrogens is 3. The summed E-state index contributed by atoms with van der Waals surface area (Å²) in [6.45, 7) is 17.4. The monoisotopic (exact) mass is 380 g/mol. The summed E-state index contributed by atoms with van der Waals surface area (Å²) in [5.41, 5.74) is 0. The molecule has 0 saturated heterocycles. The van der Waals surface area contributed by atoms with Crippen LogP contribution >= 0.6 is 11.3 Å². The lowest BCUT2D eigenvalue weighted by molar-refractivity contribution is 0.202. The Bertz CT molecular complexity index is 648. The van der Waals surface area contributed by atoms with E-state index in [0.717, 1.165) is 18.1 Å². The maximum absolute atomic E-state index is 6.45. The van der Waals surface area contributed by atoms with Crippen LogP contribution in [0.4, 0.5) is 0 Å². The minimum Gasteiger partial charge on any atom is -0.408 e. The van der Waals surface area contributed by atoms with E-state index in [4.69, 9.17) is 4.43 Å². The summed E-state index contributed by atoms with van der Waals surface area (Å²) in [6, 6.07) is 2.30. The summed E-state index contributed by atoms with van der Waals surface area (Å²) in [4.78, 5) is 5.84. The first-order chi connectivity index (χ1) is 11.6. The summed E-state index contributed by atoms with van der Waals surface area (Å²) < 4.78 is 8.40. The van der Waals surface area contributed by atoms with E-state index in [1.165, 1.54) is 4.88 Å². The summed E-state index contributed by atoms with van der Waals surface area (Å²) >= 11 is 1.74. The standard InChI is InChI=1S/C18H32N4OSSi/c1-14(13-22-10-8-9-21-22)19-11-16-12-20-17(24-16)15(2)23-25(6,7)18(3,4)5/h8-10,12,14-15,19H,11,13H2,1-7H3/t14-,15+/m0/s1. The lowest BCUT2D eigenvalue weighted by atomic mass is 10.2. The van der Waals surface area contributed by atoms with Gasteiger partial charge >= 0.3 is 0 Å². The molecule has 2 rings (SSSR count). The van der Waals surface area contributed by atoms with Gasteiger partial charge in [0.1, 0.15) is 5.01 Å². The maximum Gasteiger partial charge on any atom is 0.193 e. The van der Waals surface area contributed by atoms with Crippen LogP contribution in [0.5, 0.6) is 0 Å². The third-order valence-corrected chi connectivity index (χ3v) is 10.6. The molecule has 0 fully saturated rings. The minimum atomic E-state index is -1.77. The third-order valence-electron chi connectivity index (χ3n) is 4.84. The molecular formula is C18H32N4OSSi. The molecule has 7 heteroatoms. The molecule has 2 atom stereocenters. The average Bonchev–Trinajstić information content (AvgIpc) is 3.14. The predicted molar refractivity (Wildman–Crippen MR) is 107 cm³/mol. The average molecular weight is 381 g/mol. The van der Waals surface area contributed by atoms with Crippen LogP contribution < -0.4 is 5.32 Å². The third kappa shape index (κ3) is 5.74. The van der Waals surface area contributed by atoms with Gasteiger partial charge in [-0.1, -0.05) is 20.8 Å². The van der Waals surface area contributed by atoms with Crippen molar-refractivity contribution >= 4 is 19.7 Å². The second kappa shape index (κ2) is 8.12. The van der Waals surface area contributed by atoms with Gasteiger partial charge in [0.15, 0.2) is 8.32 Å². The number of rotatable bonds is 8. The molecule has 25 heavy (non-hydrogen) atoms. The van der Waals surface area contributed by atoms with Crippen molar-refractivity contribution < 1.29 is 4.43 Å². The van der Waals surface area contributed by atoms with Gasteiger partial charge in [-0.2, -0.15) is 5.10 Å². The van der Waals surface area contributed by atoms with Crippen LogP contribution in [0.1, 0.15) is 50.6 Å². The summed E-state index contributed by atoms with van der Waals surface area (Å²) in [5, 5.41) is 9.07. The van der Waals surface area contributed by atoms with Crippen molar-refractivity contribution in [3.8, 4) is 0 Å². The topological polar surface area (TPSA) is 52.0 Å². The van der Waals surface area contributed by atoms with Crippen molar-refractivity contribution in [1.82, 2.24) is 20.1 Å². The molecule has 2 aromatic rings. The Morgan fingerprint density at radius 1 is 1.32 bits per heavy atom. The zero-order valence-electron chi connectivity index (χ0n) is 16.5. The molecule has 0 radical (unpaired) electrons. The van der Waals surface area contributed by atoms with E-state index in [2.05, 4.69) is 63.1 Å². The van der Waals surface area contributed by atoms with E-state index in [1.54, 1.807) is 11.3 Å². The first-order valence-corrected chi connectivity index (χ1v) is 12.6. The van der Waals surface area contributed by atoms with Gasteiger partial charge < -0.3 is 9.74 Å². The molecule has 0 aliphatic rings. The first kappa shape index (κ1) is 20.3. The van der Waals surface area contributed by atoms with Crippen LogP contribution in [-0.2, 0) is 17.5 Å². The number of thiazole rings is 1. The Kier molecular flexibility index (Phi) is 6.59. The highest BCUT2D eigenvalue weighted by molar-refractivity contribution is 7.11. The van der Waals surface area contributed by atoms with Gasteiger partial charge in [0.2, 0.25) is 0 Å². The van der Waals surface area contributed by atoms with Gasteiger partial charge in [-0.25, -0.2) is 4.98 Å². The van der Waals surface area contributed by atoms with Crippen LogP contribution in [-0.4, -0.2) is 29.1 Å². The summed E-state index contributed by atoms with van der Waals surface area (Å²) in [6.07, 6.45) is 5.83. The SMILES string of the molecule is C[C@@H](Cn1cccn1)NCc1cnc([C@@H](C)O[Si](C)(C)C(C)(C)C)s1. The number of nitrogens with one attached hydrogen (secondary N) is 1. The predicted octanol–water partition coefficient (Wildman–Crippen LogP) is 4.60. The Hall–Kier alpha value is -1.02. The lowest BCUT2D eigenvalue weighted by Crippen LogP contribution is -2.41. The van der Waals surface area contributed by atoms with E-state index >= 15 is 0 Å². The Balaban J connectivity index is 1.87. The quantitative estimate of drug-likeness (QED) is 0.680. The van der Waals surface area contributed by atoms with Crippen molar-refractivity contribution in [3.05, 3.63) is 34.5 Å². The lowest BCUT2D eigenvalue weighted by Gasteiger charge is -2.38. The van der Waals surface area contributed by atoms with E-state index in [9.17, 15) is 0 Å². The van der Waals surface area contributed by atoms with Crippen molar-refractivity contribution in [1.29, 1.82) is 0 Å². The molecule has 2 aromatic heterocycles. The fourth-order valence-electron chi connectivity index (χ4n) is 2.29. The summed E-state index contributed by atoms with van der Waals surface area (Å²) in [5.74, 6) is 0. The highest BCUT2D eigenvalue weighted by Crippen LogP contribution is 2.40.